The minimum atomic E-state index is -0.864. The zero-order chi connectivity index (χ0) is 26.4. The SMILES string of the molecule is O=C(NCc1ccc(Cl)cc1Cl)c1cn(C2CC2)c2c(Cl)c(N3CCC(C(=O)O)CC3)c(F)cc2c1=O. The van der Waals surface area contributed by atoms with E-state index in [1.165, 1.54) is 6.20 Å². The van der Waals surface area contributed by atoms with Crippen molar-refractivity contribution < 1.29 is 19.1 Å². The first-order valence-electron chi connectivity index (χ1n) is 11.9. The number of hydrogen-bond acceptors (Lipinski definition) is 4. The predicted octanol–water partition coefficient (Wildman–Crippen LogP) is 5.67. The number of amides is 1. The van der Waals surface area contributed by atoms with E-state index in [0.717, 1.165) is 18.9 Å². The van der Waals surface area contributed by atoms with E-state index in [9.17, 15) is 19.5 Å². The number of anilines is 1. The summed E-state index contributed by atoms with van der Waals surface area (Å²) in [4.78, 5) is 39.5. The second kappa shape index (κ2) is 10.2. The van der Waals surface area contributed by atoms with Crippen LogP contribution in [0.1, 0.15) is 47.6 Å². The number of nitrogens with one attached hydrogen (secondary N) is 1. The van der Waals surface area contributed by atoms with Gasteiger partial charge in [0.05, 0.1) is 27.5 Å². The molecule has 0 bridgehead atoms. The van der Waals surface area contributed by atoms with Gasteiger partial charge in [-0.1, -0.05) is 40.9 Å². The molecule has 3 aromatic rings. The second-order valence-corrected chi connectivity index (χ2v) is 10.7. The molecule has 2 N–H and O–H groups in total. The van der Waals surface area contributed by atoms with E-state index in [0.29, 0.717) is 47.1 Å². The number of fused-ring (bicyclic) bond motifs is 1. The molecular weight excluding hydrogens is 544 g/mol. The fourth-order valence-electron chi connectivity index (χ4n) is 4.81. The van der Waals surface area contributed by atoms with Gasteiger partial charge in [-0.2, -0.15) is 0 Å². The molecule has 7 nitrogen and oxygen atoms in total. The Kier molecular flexibility index (Phi) is 7.09. The Morgan fingerprint density at radius 3 is 2.41 bits per heavy atom. The number of nitrogens with zero attached hydrogens (tertiary/aromatic N) is 2. The molecule has 1 amide bonds. The first-order chi connectivity index (χ1) is 17.7. The standard InChI is InChI=1S/C26H23Cl3FN3O4/c27-15-2-1-14(19(28)9-15)11-31-25(35)18-12-33(16-3-4-16)22-17(24(18)34)10-20(30)23(21(22)29)32-7-5-13(6-8-32)26(36)37/h1-2,9-10,12-13,16H,3-8,11H2,(H,31,35)(H,36,37). The van der Waals surface area contributed by atoms with Crippen LogP contribution in [0, 0.1) is 11.7 Å². The molecule has 194 valence electrons. The number of rotatable bonds is 6. The highest BCUT2D eigenvalue weighted by Crippen LogP contribution is 2.42. The van der Waals surface area contributed by atoms with Crippen LogP contribution in [0.5, 0.6) is 0 Å². The molecule has 2 heterocycles. The number of aromatic nitrogens is 1. The Labute approximate surface area is 226 Å². The molecule has 2 aromatic carbocycles. The Hall–Kier alpha value is -2.81. The Bertz CT molecular complexity index is 1480. The predicted molar refractivity (Wildman–Crippen MR) is 142 cm³/mol. The van der Waals surface area contributed by atoms with Gasteiger partial charge in [0.15, 0.2) is 0 Å². The summed E-state index contributed by atoms with van der Waals surface area (Å²) in [6.07, 6.45) is 3.91. The summed E-state index contributed by atoms with van der Waals surface area (Å²) in [5, 5.41) is 13.0. The minimum absolute atomic E-state index is 0.0238. The van der Waals surface area contributed by atoms with Crippen molar-refractivity contribution in [2.75, 3.05) is 18.0 Å². The van der Waals surface area contributed by atoms with E-state index in [1.807, 2.05) is 0 Å². The first kappa shape index (κ1) is 25.8. The highest BCUT2D eigenvalue weighted by Gasteiger charge is 2.32. The maximum atomic E-state index is 15.4. The van der Waals surface area contributed by atoms with Crippen molar-refractivity contribution in [1.82, 2.24) is 9.88 Å². The molecule has 1 saturated heterocycles. The molecule has 0 spiro atoms. The van der Waals surface area contributed by atoms with E-state index in [1.54, 1.807) is 27.7 Å². The van der Waals surface area contributed by atoms with Crippen molar-refractivity contribution in [1.29, 1.82) is 0 Å². The number of aliphatic carboxylic acids is 1. The van der Waals surface area contributed by atoms with Crippen LogP contribution in [0.25, 0.3) is 10.9 Å². The molecule has 0 atom stereocenters. The molecule has 37 heavy (non-hydrogen) atoms. The lowest BCUT2D eigenvalue weighted by molar-refractivity contribution is -0.142. The van der Waals surface area contributed by atoms with Crippen LogP contribution in [0.15, 0.2) is 35.3 Å². The van der Waals surface area contributed by atoms with Crippen molar-refractivity contribution >= 4 is 63.3 Å². The third kappa shape index (κ3) is 5.02. The summed E-state index contributed by atoms with van der Waals surface area (Å²) in [6.45, 7) is 0.747. The van der Waals surface area contributed by atoms with Crippen LogP contribution >= 0.6 is 34.8 Å². The lowest BCUT2D eigenvalue weighted by Gasteiger charge is -2.33. The van der Waals surface area contributed by atoms with Gasteiger partial charge in [-0.3, -0.25) is 14.4 Å². The third-order valence-electron chi connectivity index (χ3n) is 6.98. The number of benzene rings is 2. The molecule has 5 rings (SSSR count). The van der Waals surface area contributed by atoms with E-state index in [-0.39, 0.29) is 34.2 Å². The largest absolute Gasteiger partial charge is 0.481 e. The van der Waals surface area contributed by atoms with Crippen molar-refractivity contribution in [2.24, 2.45) is 5.92 Å². The zero-order valence-electron chi connectivity index (χ0n) is 19.6. The Balaban J connectivity index is 1.51. The fourth-order valence-corrected chi connectivity index (χ4v) is 5.69. The third-order valence-corrected chi connectivity index (χ3v) is 7.93. The normalized spacial score (nSPS) is 16.3. The number of carbonyl (C=O) groups excluding carboxylic acids is 1. The van der Waals surface area contributed by atoms with Gasteiger partial charge in [0, 0.05) is 41.9 Å². The topological polar surface area (TPSA) is 91.6 Å². The van der Waals surface area contributed by atoms with Gasteiger partial charge in [-0.15, -0.1) is 0 Å². The van der Waals surface area contributed by atoms with Gasteiger partial charge in [-0.05, 0) is 49.4 Å². The molecule has 1 aromatic heterocycles. The number of carboxylic acid groups (broad SMARTS) is 1. The average molecular weight is 567 g/mol. The highest BCUT2D eigenvalue weighted by atomic mass is 35.5. The quantitative estimate of drug-likeness (QED) is 0.401. The molecule has 2 aliphatic rings. The lowest BCUT2D eigenvalue weighted by Crippen LogP contribution is -2.37. The molecule has 0 radical (unpaired) electrons. The average Bonchev–Trinajstić information content (AvgIpc) is 3.70. The van der Waals surface area contributed by atoms with E-state index in [2.05, 4.69) is 5.32 Å². The number of pyridine rings is 1. The molecule has 0 unspecified atom stereocenters. The monoisotopic (exact) mass is 565 g/mol. The lowest BCUT2D eigenvalue weighted by atomic mass is 9.96. The smallest absolute Gasteiger partial charge is 0.306 e. The van der Waals surface area contributed by atoms with Crippen LogP contribution in [0.4, 0.5) is 10.1 Å². The van der Waals surface area contributed by atoms with Crippen molar-refractivity contribution in [2.45, 2.75) is 38.3 Å². The molecule has 2 fully saturated rings. The molecule has 11 heteroatoms. The van der Waals surface area contributed by atoms with Gasteiger partial charge >= 0.3 is 5.97 Å². The van der Waals surface area contributed by atoms with E-state index < -0.39 is 29.0 Å². The Morgan fingerprint density at radius 1 is 1.08 bits per heavy atom. The van der Waals surface area contributed by atoms with Crippen LogP contribution in [-0.4, -0.2) is 34.6 Å². The van der Waals surface area contributed by atoms with E-state index >= 15 is 4.39 Å². The van der Waals surface area contributed by atoms with Gasteiger partial charge in [0.25, 0.3) is 5.91 Å². The molecular formula is C26H23Cl3FN3O4. The van der Waals surface area contributed by atoms with Gasteiger partial charge in [0.2, 0.25) is 5.43 Å². The molecule has 1 aliphatic carbocycles. The molecule has 1 saturated carbocycles. The van der Waals surface area contributed by atoms with Crippen LogP contribution in [0.2, 0.25) is 15.1 Å². The van der Waals surface area contributed by atoms with Crippen LogP contribution in [-0.2, 0) is 11.3 Å². The summed E-state index contributed by atoms with van der Waals surface area (Å²) < 4.78 is 17.2. The Morgan fingerprint density at radius 2 is 1.78 bits per heavy atom. The van der Waals surface area contributed by atoms with Gasteiger partial charge in [-0.25, -0.2) is 4.39 Å². The van der Waals surface area contributed by atoms with Crippen molar-refractivity contribution in [3.8, 4) is 0 Å². The number of piperidine rings is 1. The van der Waals surface area contributed by atoms with Crippen molar-refractivity contribution in [3.05, 3.63) is 72.7 Å². The van der Waals surface area contributed by atoms with E-state index in [4.69, 9.17) is 34.8 Å². The second-order valence-electron chi connectivity index (χ2n) is 9.45. The number of hydrogen-bond donors (Lipinski definition) is 2. The first-order valence-corrected chi connectivity index (χ1v) is 13.1. The summed E-state index contributed by atoms with van der Waals surface area (Å²) in [7, 11) is 0. The maximum Gasteiger partial charge on any atom is 0.306 e. The van der Waals surface area contributed by atoms with Crippen LogP contribution in [0.3, 0.4) is 0 Å². The fraction of sp³-hybridized carbons (Fsp3) is 0.346. The van der Waals surface area contributed by atoms with Gasteiger partial charge in [0.1, 0.15) is 11.4 Å². The molecule has 1 aliphatic heterocycles. The number of carbonyl (C=O) groups is 2. The van der Waals surface area contributed by atoms with Crippen molar-refractivity contribution in [3.63, 3.8) is 0 Å². The highest BCUT2D eigenvalue weighted by molar-refractivity contribution is 6.38. The van der Waals surface area contributed by atoms with Gasteiger partial charge < -0.3 is 19.9 Å². The maximum absolute atomic E-state index is 15.4. The zero-order valence-corrected chi connectivity index (χ0v) is 21.8. The summed E-state index contributed by atoms with van der Waals surface area (Å²) >= 11 is 18.9. The van der Waals surface area contributed by atoms with Crippen LogP contribution < -0.4 is 15.6 Å². The summed E-state index contributed by atoms with van der Waals surface area (Å²) in [6, 6.07) is 6.07. The summed E-state index contributed by atoms with van der Waals surface area (Å²) in [5.41, 5.74) is 0.427. The number of halogens is 4. The number of carboxylic acids is 1. The summed E-state index contributed by atoms with van der Waals surface area (Å²) in [5.74, 6) is -2.64. The minimum Gasteiger partial charge on any atom is -0.481 e.